The van der Waals surface area contributed by atoms with Crippen molar-refractivity contribution in [1.29, 1.82) is 0 Å². The summed E-state index contributed by atoms with van der Waals surface area (Å²) in [4.78, 5) is 11.6. The number of aromatic nitrogens is 1. The Morgan fingerprint density at radius 1 is 1.29 bits per heavy atom. The van der Waals surface area contributed by atoms with Crippen LogP contribution in [-0.4, -0.2) is 58.1 Å². The second-order valence-electron chi connectivity index (χ2n) is 5.51. The molecule has 2 heterocycles. The third-order valence-corrected chi connectivity index (χ3v) is 4.93. The Morgan fingerprint density at radius 2 is 1.96 bits per heavy atom. The summed E-state index contributed by atoms with van der Waals surface area (Å²) < 4.78 is 7.11. The van der Waals surface area contributed by atoms with Gasteiger partial charge in [-0.25, -0.2) is 0 Å². The number of anilines is 1. The standard InChI is InChI=1S/C15H16Cl2N2O5/c1-18-14-7(4-20)6-2-8(16)9(17)3-10(6)19(14)15-13(23)12(22)11(5-21)24-15/h2-4,11-13,15,18,21-23H,5H2,1H3/t11-,12?,13?,15-/m1/s1. The average molecular weight is 375 g/mol. The summed E-state index contributed by atoms with van der Waals surface area (Å²) in [5, 5.41) is 33.6. The second-order valence-corrected chi connectivity index (χ2v) is 6.33. The minimum atomic E-state index is -1.29. The van der Waals surface area contributed by atoms with Gasteiger partial charge in [0.1, 0.15) is 24.1 Å². The van der Waals surface area contributed by atoms with E-state index in [1.165, 1.54) is 4.57 Å². The molecule has 0 radical (unpaired) electrons. The molecule has 1 aliphatic heterocycles. The van der Waals surface area contributed by atoms with Crippen LogP contribution in [-0.2, 0) is 4.74 Å². The molecule has 4 N–H and O–H groups in total. The van der Waals surface area contributed by atoms with Gasteiger partial charge in [-0.15, -0.1) is 0 Å². The highest BCUT2D eigenvalue weighted by Gasteiger charge is 2.44. The van der Waals surface area contributed by atoms with E-state index in [4.69, 9.17) is 27.9 Å². The van der Waals surface area contributed by atoms with E-state index in [2.05, 4.69) is 5.32 Å². The van der Waals surface area contributed by atoms with Crippen LogP contribution in [0.15, 0.2) is 12.1 Å². The van der Waals surface area contributed by atoms with Crippen LogP contribution in [0.5, 0.6) is 0 Å². The molecule has 4 atom stereocenters. The molecule has 0 spiro atoms. The highest BCUT2D eigenvalue weighted by molar-refractivity contribution is 6.43. The number of aliphatic hydroxyl groups is 3. The summed E-state index contributed by atoms with van der Waals surface area (Å²) in [6.45, 7) is -0.448. The maximum Gasteiger partial charge on any atom is 0.164 e. The number of rotatable bonds is 4. The number of hydrogen-bond donors (Lipinski definition) is 4. The van der Waals surface area contributed by atoms with E-state index in [0.717, 1.165) is 0 Å². The smallest absolute Gasteiger partial charge is 0.164 e. The third-order valence-electron chi connectivity index (χ3n) is 4.21. The molecule has 1 fully saturated rings. The summed E-state index contributed by atoms with van der Waals surface area (Å²) in [5.74, 6) is 0.383. The lowest BCUT2D eigenvalue weighted by atomic mass is 10.1. The molecule has 0 bridgehead atoms. The van der Waals surface area contributed by atoms with Crippen molar-refractivity contribution in [2.75, 3.05) is 19.0 Å². The largest absolute Gasteiger partial charge is 0.394 e. The van der Waals surface area contributed by atoms with E-state index in [0.29, 0.717) is 28.6 Å². The molecule has 0 aliphatic carbocycles. The van der Waals surface area contributed by atoms with Gasteiger partial charge in [-0.1, -0.05) is 23.2 Å². The Morgan fingerprint density at radius 3 is 2.50 bits per heavy atom. The van der Waals surface area contributed by atoms with Crippen molar-refractivity contribution in [1.82, 2.24) is 4.57 Å². The number of nitrogens with zero attached hydrogens (tertiary/aromatic N) is 1. The number of aliphatic hydroxyl groups excluding tert-OH is 3. The van der Waals surface area contributed by atoms with Crippen LogP contribution in [0, 0.1) is 0 Å². The number of benzene rings is 1. The van der Waals surface area contributed by atoms with Crippen molar-refractivity contribution in [2.45, 2.75) is 24.5 Å². The van der Waals surface area contributed by atoms with Gasteiger partial charge in [0.15, 0.2) is 12.5 Å². The molecule has 1 saturated heterocycles. The normalized spacial score (nSPS) is 26.9. The van der Waals surface area contributed by atoms with Crippen LogP contribution in [0.4, 0.5) is 5.82 Å². The van der Waals surface area contributed by atoms with Gasteiger partial charge in [-0.05, 0) is 12.1 Å². The Bertz CT molecular complexity index is 794. The van der Waals surface area contributed by atoms with Gasteiger partial charge >= 0.3 is 0 Å². The minimum Gasteiger partial charge on any atom is -0.394 e. The van der Waals surface area contributed by atoms with E-state index < -0.39 is 31.1 Å². The number of carbonyl (C=O) groups is 1. The van der Waals surface area contributed by atoms with Crippen LogP contribution < -0.4 is 5.32 Å². The predicted octanol–water partition coefficient (Wildman–Crippen LogP) is 1.41. The summed E-state index contributed by atoms with van der Waals surface area (Å²) in [6, 6.07) is 3.11. The lowest BCUT2D eigenvalue weighted by molar-refractivity contribution is -0.0497. The summed E-state index contributed by atoms with van der Waals surface area (Å²) >= 11 is 12.1. The maximum absolute atomic E-state index is 11.6. The first kappa shape index (κ1) is 17.5. The van der Waals surface area contributed by atoms with E-state index in [9.17, 15) is 20.1 Å². The third kappa shape index (κ3) is 2.48. The number of carbonyl (C=O) groups excluding carboxylic acids is 1. The molecule has 0 saturated carbocycles. The molecular weight excluding hydrogens is 359 g/mol. The van der Waals surface area contributed by atoms with Crippen LogP contribution >= 0.6 is 23.2 Å². The SMILES string of the molecule is CNc1c(C=O)c2cc(Cl)c(Cl)cc2n1[C@@H]1O[C@H](CO)C(O)C1O. The molecule has 1 aliphatic rings. The monoisotopic (exact) mass is 374 g/mol. The molecule has 2 aromatic rings. The topological polar surface area (TPSA) is 104 Å². The zero-order valence-corrected chi connectivity index (χ0v) is 14.1. The lowest BCUT2D eigenvalue weighted by Gasteiger charge is -2.21. The molecule has 130 valence electrons. The van der Waals surface area contributed by atoms with Crippen molar-refractivity contribution in [3.8, 4) is 0 Å². The molecular formula is C15H16Cl2N2O5. The molecule has 1 aromatic heterocycles. The molecule has 24 heavy (non-hydrogen) atoms. The van der Waals surface area contributed by atoms with E-state index >= 15 is 0 Å². The second kappa shape index (κ2) is 6.51. The summed E-state index contributed by atoms with van der Waals surface area (Å²) in [7, 11) is 1.61. The Balaban J connectivity index is 2.27. The first-order valence-electron chi connectivity index (χ1n) is 7.22. The number of fused-ring (bicyclic) bond motifs is 1. The van der Waals surface area contributed by atoms with E-state index in [1.807, 2.05) is 0 Å². The Hall–Kier alpha value is -1.35. The van der Waals surface area contributed by atoms with Gasteiger partial charge < -0.3 is 25.4 Å². The fraction of sp³-hybridized carbons (Fsp3) is 0.400. The zero-order valence-electron chi connectivity index (χ0n) is 12.6. The number of nitrogens with one attached hydrogen (secondary N) is 1. The Labute approximate surface area is 147 Å². The number of halogens is 2. The van der Waals surface area contributed by atoms with Crippen molar-refractivity contribution >= 4 is 46.2 Å². The average Bonchev–Trinajstić information content (AvgIpc) is 3.02. The van der Waals surface area contributed by atoms with Gasteiger partial charge in [0.25, 0.3) is 0 Å². The van der Waals surface area contributed by atoms with Crippen molar-refractivity contribution in [3.05, 3.63) is 27.7 Å². The minimum absolute atomic E-state index is 0.273. The zero-order chi connectivity index (χ0) is 17.6. The van der Waals surface area contributed by atoms with Gasteiger partial charge in [-0.3, -0.25) is 9.36 Å². The van der Waals surface area contributed by atoms with Crippen LogP contribution in [0.2, 0.25) is 10.0 Å². The highest BCUT2D eigenvalue weighted by Crippen LogP contribution is 2.40. The first-order valence-corrected chi connectivity index (χ1v) is 7.98. The molecule has 0 amide bonds. The fourth-order valence-electron chi connectivity index (χ4n) is 3.06. The highest BCUT2D eigenvalue weighted by atomic mass is 35.5. The van der Waals surface area contributed by atoms with Gasteiger partial charge in [0.2, 0.25) is 0 Å². The number of aldehydes is 1. The van der Waals surface area contributed by atoms with Crippen molar-refractivity contribution in [2.24, 2.45) is 0 Å². The number of hydrogen-bond acceptors (Lipinski definition) is 6. The van der Waals surface area contributed by atoms with Gasteiger partial charge in [0.05, 0.1) is 27.7 Å². The van der Waals surface area contributed by atoms with Crippen LogP contribution in [0.3, 0.4) is 0 Å². The molecule has 1 aromatic carbocycles. The molecule has 7 nitrogen and oxygen atoms in total. The number of ether oxygens (including phenoxy) is 1. The molecule has 2 unspecified atom stereocenters. The van der Waals surface area contributed by atoms with E-state index in [-0.39, 0.29) is 10.0 Å². The predicted molar refractivity (Wildman–Crippen MR) is 89.9 cm³/mol. The quantitative estimate of drug-likeness (QED) is 0.603. The summed E-state index contributed by atoms with van der Waals surface area (Å²) in [6.07, 6.45) is -3.83. The lowest BCUT2D eigenvalue weighted by Crippen LogP contribution is -2.33. The molecule has 3 rings (SSSR count). The van der Waals surface area contributed by atoms with Gasteiger partial charge in [-0.2, -0.15) is 0 Å². The van der Waals surface area contributed by atoms with Crippen molar-refractivity contribution in [3.63, 3.8) is 0 Å². The van der Waals surface area contributed by atoms with Crippen LogP contribution in [0.25, 0.3) is 10.9 Å². The summed E-state index contributed by atoms with van der Waals surface area (Å²) in [5.41, 5.74) is 0.828. The fourth-order valence-corrected chi connectivity index (χ4v) is 3.38. The van der Waals surface area contributed by atoms with Crippen LogP contribution in [0.1, 0.15) is 16.6 Å². The van der Waals surface area contributed by atoms with Gasteiger partial charge in [0, 0.05) is 12.4 Å². The van der Waals surface area contributed by atoms with Crippen molar-refractivity contribution < 1.29 is 24.9 Å². The first-order chi connectivity index (χ1) is 11.4. The van der Waals surface area contributed by atoms with E-state index in [1.54, 1.807) is 19.2 Å². The Kier molecular flexibility index (Phi) is 4.74. The molecule has 9 heteroatoms. The maximum atomic E-state index is 11.6.